The second-order valence-electron chi connectivity index (χ2n) is 4.25. The highest BCUT2D eigenvalue weighted by molar-refractivity contribution is 7.89. The average Bonchev–Trinajstić information content (AvgIpc) is 2.16. The number of methoxy groups -OCH3 is 2. The van der Waals surface area contributed by atoms with Crippen LogP contribution in [0, 0.1) is 5.92 Å². The first-order chi connectivity index (χ1) is 7.32. The van der Waals surface area contributed by atoms with Crippen LogP contribution in [0.4, 0.5) is 0 Å². The Morgan fingerprint density at radius 3 is 2.00 bits per heavy atom. The van der Waals surface area contributed by atoms with Gasteiger partial charge in [0.1, 0.15) is 0 Å². The van der Waals surface area contributed by atoms with E-state index in [1.165, 1.54) is 14.2 Å². The predicted octanol–water partition coefficient (Wildman–Crippen LogP) is 0.959. The molecule has 0 aliphatic rings. The van der Waals surface area contributed by atoms with Crippen LogP contribution in [0.25, 0.3) is 0 Å². The molecule has 0 heterocycles. The summed E-state index contributed by atoms with van der Waals surface area (Å²) in [5, 5.41) is 0. The third-order valence-corrected chi connectivity index (χ3v) is 3.71. The van der Waals surface area contributed by atoms with Crippen LogP contribution in [0.3, 0.4) is 0 Å². The van der Waals surface area contributed by atoms with Gasteiger partial charge in [0, 0.05) is 14.2 Å². The zero-order chi connectivity index (χ0) is 12.8. The zero-order valence-electron chi connectivity index (χ0n) is 10.7. The summed E-state index contributed by atoms with van der Waals surface area (Å²) in [6.07, 6.45) is 0.0842. The molecule has 0 amide bonds. The van der Waals surface area contributed by atoms with E-state index in [2.05, 4.69) is 4.72 Å². The lowest BCUT2D eigenvalue weighted by Gasteiger charge is -2.22. The Morgan fingerprint density at radius 1 is 1.12 bits per heavy atom. The van der Waals surface area contributed by atoms with Gasteiger partial charge in [0.15, 0.2) is 6.29 Å². The fourth-order valence-electron chi connectivity index (χ4n) is 1.29. The summed E-state index contributed by atoms with van der Waals surface area (Å²) in [4.78, 5) is 0. The third-order valence-electron chi connectivity index (χ3n) is 2.20. The first-order valence-corrected chi connectivity index (χ1v) is 7.03. The highest BCUT2D eigenvalue weighted by atomic mass is 32.2. The van der Waals surface area contributed by atoms with Crippen molar-refractivity contribution in [2.24, 2.45) is 5.92 Å². The van der Waals surface area contributed by atoms with Crippen molar-refractivity contribution in [2.75, 3.05) is 20.0 Å². The standard InChI is InChI=1S/C10H23NO4S/c1-8(2)6-7-16(12,13)11-9(3)10(14-4)15-5/h8-11H,6-7H2,1-5H3. The Hall–Kier alpha value is -0.170. The van der Waals surface area contributed by atoms with Crippen molar-refractivity contribution in [2.45, 2.75) is 39.5 Å². The Labute approximate surface area is 98.6 Å². The van der Waals surface area contributed by atoms with Gasteiger partial charge in [-0.05, 0) is 19.3 Å². The largest absolute Gasteiger partial charge is 0.354 e. The smallest absolute Gasteiger partial charge is 0.212 e. The van der Waals surface area contributed by atoms with Gasteiger partial charge in [0.2, 0.25) is 10.0 Å². The Bertz CT molecular complexity index is 273. The number of rotatable bonds is 8. The van der Waals surface area contributed by atoms with Gasteiger partial charge in [-0.3, -0.25) is 0 Å². The molecule has 1 atom stereocenters. The number of nitrogens with one attached hydrogen (secondary N) is 1. The predicted molar refractivity (Wildman–Crippen MR) is 63.6 cm³/mol. The van der Waals surface area contributed by atoms with Crippen molar-refractivity contribution < 1.29 is 17.9 Å². The molecule has 0 fully saturated rings. The van der Waals surface area contributed by atoms with Gasteiger partial charge in [-0.1, -0.05) is 13.8 Å². The van der Waals surface area contributed by atoms with Crippen LogP contribution in [-0.4, -0.2) is 40.7 Å². The minimum atomic E-state index is -3.25. The quantitative estimate of drug-likeness (QED) is 0.654. The fraction of sp³-hybridized carbons (Fsp3) is 1.00. The van der Waals surface area contributed by atoms with Crippen LogP contribution < -0.4 is 4.72 Å². The molecular formula is C10H23NO4S. The SMILES string of the molecule is COC(OC)C(C)NS(=O)(=O)CCC(C)C. The maximum Gasteiger partial charge on any atom is 0.212 e. The van der Waals surface area contributed by atoms with E-state index >= 15 is 0 Å². The molecule has 1 N–H and O–H groups in total. The van der Waals surface area contributed by atoms with Crippen molar-refractivity contribution in [3.63, 3.8) is 0 Å². The van der Waals surface area contributed by atoms with E-state index in [0.29, 0.717) is 12.3 Å². The van der Waals surface area contributed by atoms with Gasteiger partial charge < -0.3 is 9.47 Å². The third kappa shape index (κ3) is 6.42. The molecule has 0 bridgehead atoms. The lowest BCUT2D eigenvalue weighted by Crippen LogP contribution is -2.43. The number of hydrogen-bond donors (Lipinski definition) is 1. The highest BCUT2D eigenvalue weighted by Crippen LogP contribution is 2.05. The first kappa shape index (κ1) is 15.8. The lowest BCUT2D eigenvalue weighted by molar-refractivity contribution is -0.115. The van der Waals surface area contributed by atoms with Crippen LogP contribution in [0.1, 0.15) is 27.2 Å². The normalized spacial score (nSPS) is 14.7. The summed E-state index contributed by atoms with van der Waals surface area (Å²) >= 11 is 0. The molecule has 16 heavy (non-hydrogen) atoms. The van der Waals surface area contributed by atoms with E-state index in [0.717, 1.165) is 0 Å². The van der Waals surface area contributed by atoms with Crippen LogP contribution in [0.5, 0.6) is 0 Å². The number of hydrogen-bond acceptors (Lipinski definition) is 4. The van der Waals surface area contributed by atoms with Gasteiger partial charge >= 0.3 is 0 Å². The number of sulfonamides is 1. The molecule has 5 nitrogen and oxygen atoms in total. The Balaban J connectivity index is 4.24. The van der Waals surface area contributed by atoms with E-state index in [1.807, 2.05) is 13.8 Å². The molecule has 6 heteroatoms. The van der Waals surface area contributed by atoms with Crippen molar-refractivity contribution in [3.05, 3.63) is 0 Å². The fourth-order valence-corrected chi connectivity index (χ4v) is 2.87. The van der Waals surface area contributed by atoms with Crippen LogP contribution in [0.15, 0.2) is 0 Å². The van der Waals surface area contributed by atoms with Crippen molar-refractivity contribution in [1.29, 1.82) is 0 Å². The first-order valence-electron chi connectivity index (χ1n) is 5.38. The van der Waals surface area contributed by atoms with Crippen LogP contribution in [-0.2, 0) is 19.5 Å². The second kappa shape index (κ2) is 7.21. The van der Waals surface area contributed by atoms with Gasteiger partial charge in [-0.25, -0.2) is 13.1 Å². The second-order valence-corrected chi connectivity index (χ2v) is 6.12. The summed E-state index contributed by atoms with van der Waals surface area (Å²) in [6, 6.07) is -0.396. The lowest BCUT2D eigenvalue weighted by atomic mass is 10.2. The van der Waals surface area contributed by atoms with Gasteiger partial charge in [-0.15, -0.1) is 0 Å². The maximum atomic E-state index is 11.7. The van der Waals surface area contributed by atoms with Crippen LogP contribution in [0.2, 0.25) is 0 Å². The molecule has 0 aromatic heterocycles. The molecule has 0 saturated carbocycles. The van der Waals surface area contributed by atoms with E-state index in [9.17, 15) is 8.42 Å². The summed E-state index contributed by atoms with van der Waals surface area (Å²) in [5.74, 6) is 0.502. The van der Waals surface area contributed by atoms with E-state index < -0.39 is 22.4 Å². The molecule has 0 aromatic rings. The Kier molecular flexibility index (Phi) is 7.14. The molecule has 0 radical (unpaired) electrons. The molecule has 0 spiro atoms. The van der Waals surface area contributed by atoms with Crippen molar-refractivity contribution in [3.8, 4) is 0 Å². The summed E-state index contributed by atoms with van der Waals surface area (Å²) in [7, 11) is -0.293. The van der Waals surface area contributed by atoms with Crippen molar-refractivity contribution in [1.82, 2.24) is 4.72 Å². The molecule has 98 valence electrons. The number of ether oxygens (including phenoxy) is 2. The monoisotopic (exact) mass is 253 g/mol. The van der Waals surface area contributed by atoms with Gasteiger partial charge in [-0.2, -0.15) is 0 Å². The summed E-state index contributed by atoms with van der Waals surface area (Å²) in [5.41, 5.74) is 0. The highest BCUT2D eigenvalue weighted by Gasteiger charge is 2.21. The topological polar surface area (TPSA) is 64.6 Å². The summed E-state index contributed by atoms with van der Waals surface area (Å²) in [6.45, 7) is 5.70. The molecule has 0 aliphatic heterocycles. The molecule has 0 rings (SSSR count). The van der Waals surface area contributed by atoms with E-state index in [-0.39, 0.29) is 5.75 Å². The molecule has 0 saturated heterocycles. The molecule has 1 unspecified atom stereocenters. The summed E-state index contributed by atoms with van der Waals surface area (Å²) < 4.78 is 35.8. The molecular weight excluding hydrogens is 230 g/mol. The molecule has 0 aromatic carbocycles. The minimum absolute atomic E-state index is 0.134. The minimum Gasteiger partial charge on any atom is -0.354 e. The zero-order valence-corrected chi connectivity index (χ0v) is 11.5. The maximum absolute atomic E-state index is 11.7. The van der Waals surface area contributed by atoms with Gasteiger partial charge in [0.05, 0.1) is 11.8 Å². The van der Waals surface area contributed by atoms with Crippen molar-refractivity contribution >= 4 is 10.0 Å². The molecule has 0 aliphatic carbocycles. The Morgan fingerprint density at radius 2 is 1.62 bits per heavy atom. The van der Waals surface area contributed by atoms with Gasteiger partial charge in [0.25, 0.3) is 0 Å². The average molecular weight is 253 g/mol. The van der Waals surface area contributed by atoms with Crippen LogP contribution >= 0.6 is 0 Å². The van der Waals surface area contributed by atoms with E-state index in [4.69, 9.17) is 9.47 Å². The van der Waals surface area contributed by atoms with E-state index in [1.54, 1.807) is 6.92 Å².